The summed E-state index contributed by atoms with van der Waals surface area (Å²) in [6.07, 6.45) is 1.09. The minimum atomic E-state index is -0.243. The molecule has 92 valence electrons. The van der Waals surface area contributed by atoms with Crippen molar-refractivity contribution in [3.05, 3.63) is 29.6 Å². The Bertz CT molecular complexity index is 457. The van der Waals surface area contributed by atoms with E-state index in [-0.39, 0.29) is 16.2 Å². The van der Waals surface area contributed by atoms with Crippen LogP contribution in [0.25, 0.3) is 0 Å². The number of nitrogens with zero attached hydrogens (tertiary/aromatic N) is 1. The van der Waals surface area contributed by atoms with E-state index in [9.17, 15) is 4.39 Å². The van der Waals surface area contributed by atoms with Gasteiger partial charge in [-0.3, -0.25) is 0 Å². The number of hydrogen-bond acceptors (Lipinski definition) is 2. The molecule has 1 aliphatic heterocycles. The Labute approximate surface area is 107 Å². The second-order valence-electron chi connectivity index (χ2n) is 5.37. The van der Waals surface area contributed by atoms with Crippen LogP contribution in [-0.2, 0) is 0 Å². The number of benzene rings is 1. The summed E-state index contributed by atoms with van der Waals surface area (Å²) >= 11 is 4.83. The third-order valence-corrected chi connectivity index (χ3v) is 3.49. The number of hydrogen-bond donors (Lipinski definition) is 1. The molecular formula is C13H17FN2S. The quantitative estimate of drug-likeness (QED) is 0.821. The van der Waals surface area contributed by atoms with E-state index in [4.69, 9.17) is 18.0 Å². The van der Waals surface area contributed by atoms with Gasteiger partial charge >= 0.3 is 0 Å². The smallest absolute Gasteiger partial charge is 0.147 e. The van der Waals surface area contributed by atoms with Gasteiger partial charge in [-0.1, -0.05) is 26.1 Å². The van der Waals surface area contributed by atoms with Gasteiger partial charge in [-0.2, -0.15) is 0 Å². The Morgan fingerprint density at radius 2 is 2.18 bits per heavy atom. The molecule has 1 aromatic carbocycles. The highest BCUT2D eigenvalue weighted by Crippen LogP contribution is 2.33. The fourth-order valence-electron chi connectivity index (χ4n) is 2.23. The first kappa shape index (κ1) is 12.3. The van der Waals surface area contributed by atoms with Crippen LogP contribution in [0.1, 0.15) is 25.8 Å². The van der Waals surface area contributed by atoms with Crippen molar-refractivity contribution in [2.75, 3.05) is 18.0 Å². The number of rotatable bonds is 2. The van der Waals surface area contributed by atoms with Crippen LogP contribution in [0.15, 0.2) is 18.2 Å². The van der Waals surface area contributed by atoms with E-state index in [1.54, 1.807) is 12.1 Å². The number of halogens is 1. The molecule has 0 amide bonds. The molecule has 1 fully saturated rings. The lowest BCUT2D eigenvalue weighted by molar-refractivity contribution is 0.418. The van der Waals surface area contributed by atoms with Crippen molar-refractivity contribution in [1.29, 1.82) is 0 Å². The predicted molar refractivity (Wildman–Crippen MR) is 72.9 cm³/mol. The lowest BCUT2D eigenvalue weighted by atomic mass is 9.93. The average molecular weight is 252 g/mol. The molecule has 4 heteroatoms. The number of thiocarbonyl (C=S) groups is 1. The van der Waals surface area contributed by atoms with E-state index >= 15 is 0 Å². The molecule has 0 aromatic heterocycles. The molecule has 0 atom stereocenters. The van der Waals surface area contributed by atoms with E-state index in [2.05, 4.69) is 18.7 Å². The van der Waals surface area contributed by atoms with E-state index in [0.29, 0.717) is 11.3 Å². The van der Waals surface area contributed by atoms with Gasteiger partial charge in [0.25, 0.3) is 0 Å². The Morgan fingerprint density at radius 3 is 2.65 bits per heavy atom. The van der Waals surface area contributed by atoms with Gasteiger partial charge in [-0.05, 0) is 30.0 Å². The Balaban J connectivity index is 2.26. The van der Waals surface area contributed by atoms with Crippen LogP contribution in [0.2, 0.25) is 0 Å². The molecule has 2 nitrogen and oxygen atoms in total. The highest BCUT2D eigenvalue weighted by molar-refractivity contribution is 7.80. The van der Waals surface area contributed by atoms with Crippen molar-refractivity contribution >= 4 is 22.9 Å². The Hall–Kier alpha value is -1.16. The molecule has 1 heterocycles. The fraction of sp³-hybridized carbons (Fsp3) is 0.462. The molecule has 1 saturated heterocycles. The van der Waals surface area contributed by atoms with Crippen LogP contribution in [0, 0.1) is 11.2 Å². The van der Waals surface area contributed by atoms with E-state index in [1.807, 2.05) is 0 Å². The van der Waals surface area contributed by atoms with Crippen LogP contribution in [-0.4, -0.2) is 18.1 Å². The van der Waals surface area contributed by atoms with Crippen LogP contribution < -0.4 is 10.6 Å². The summed E-state index contributed by atoms with van der Waals surface area (Å²) in [5.74, 6) is -0.243. The zero-order valence-corrected chi connectivity index (χ0v) is 11.0. The number of nitrogens with two attached hydrogens (primary N) is 1. The lowest BCUT2D eigenvalue weighted by Gasteiger charge is -2.22. The maximum Gasteiger partial charge on any atom is 0.147 e. The van der Waals surface area contributed by atoms with Gasteiger partial charge in [0, 0.05) is 18.7 Å². The van der Waals surface area contributed by atoms with Crippen molar-refractivity contribution in [1.82, 2.24) is 0 Å². The third kappa shape index (κ3) is 2.57. The molecule has 17 heavy (non-hydrogen) atoms. The van der Waals surface area contributed by atoms with E-state index in [1.165, 1.54) is 6.07 Å². The van der Waals surface area contributed by atoms with Gasteiger partial charge in [0.05, 0.1) is 5.69 Å². The van der Waals surface area contributed by atoms with Gasteiger partial charge in [-0.15, -0.1) is 0 Å². The Morgan fingerprint density at radius 1 is 1.47 bits per heavy atom. The number of anilines is 1. The van der Waals surface area contributed by atoms with Crippen LogP contribution >= 0.6 is 12.2 Å². The maximum atomic E-state index is 14.0. The van der Waals surface area contributed by atoms with E-state index in [0.717, 1.165) is 19.5 Å². The van der Waals surface area contributed by atoms with Gasteiger partial charge in [-0.25, -0.2) is 4.39 Å². The minimum Gasteiger partial charge on any atom is -0.389 e. The summed E-state index contributed by atoms with van der Waals surface area (Å²) in [6.45, 7) is 6.19. The fourth-order valence-corrected chi connectivity index (χ4v) is 2.36. The summed E-state index contributed by atoms with van der Waals surface area (Å²) in [4.78, 5) is 2.32. The van der Waals surface area contributed by atoms with Crippen molar-refractivity contribution < 1.29 is 4.39 Å². The molecule has 1 aliphatic rings. The van der Waals surface area contributed by atoms with Crippen molar-refractivity contribution in [2.24, 2.45) is 11.1 Å². The largest absolute Gasteiger partial charge is 0.389 e. The molecular weight excluding hydrogens is 235 g/mol. The summed E-state index contributed by atoms with van der Waals surface area (Å²) in [7, 11) is 0. The van der Waals surface area contributed by atoms with Gasteiger partial charge in [0.1, 0.15) is 10.8 Å². The topological polar surface area (TPSA) is 29.3 Å². The van der Waals surface area contributed by atoms with Gasteiger partial charge in [0.2, 0.25) is 0 Å². The maximum absolute atomic E-state index is 14.0. The molecule has 0 spiro atoms. The van der Waals surface area contributed by atoms with Crippen molar-refractivity contribution in [3.8, 4) is 0 Å². The molecule has 0 bridgehead atoms. The predicted octanol–water partition coefficient (Wildman–Crippen LogP) is 2.70. The first-order valence-corrected chi connectivity index (χ1v) is 6.14. The zero-order valence-electron chi connectivity index (χ0n) is 10.2. The molecule has 2 N–H and O–H groups in total. The monoisotopic (exact) mass is 252 g/mol. The first-order valence-electron chi connectivity index (χ1n) is 5.73. The van der Waals surface area contributed by atoms with Crippen molar-refractivity contribution in [2.45, 2.75) is 20.3 Å². The molecule has 0 unspecified atom stereocenters. The molecule has 0 saturated carbocycles. The second kappa shape index (κ2) is 4.26. The first-order chi connectivity index (χ1) is 7.89. The summed E-state index contributed by atoms with van der Waals surface area (Å²) in [5, 5.41) is 0. The van der Waals surface area contributed by atoms with E-state index < -0.39 is 0 Å². The SMILES string of the molecule is CC1(C)CCN(c2ccc(C(N)=S)cc2F)C1. The van der Waals surface area contributed by atoms with Crippen molar-refractivity contribution in [3.63, 3.8) is 0 Å². The lowest BCUT2D eigenvalue weighted by Crippen LogP contribution is -2.23. The molecule has 2 rings (SSSR count). The molecule has 1 aromatic rings. The highest BCUT2D eigenvalue weighted by Gasteiger charge is 2.30. The van der Waals surface area contributed by atoms with Gasteiger partial charge in [0.15, 0.2) is 0 Å². The normalized spacial score (nSPS) is 18.4. The highest BCUT2D eigenvalue weighted by atomic mass is 32.1. The summed E-state index contributed by atoms with van der Waals surface area (Å²) in [6, 6.07) is 4.97. The Kier molecular flexibility index (Phi) is 3.08. The van der Waals surface area contributed by atoms with Gasteiger partial charge < -0.3 is 10.6 Å². The van der Waals surface area contributed by atoms with Crippen LogP contribution in [0.4, 0.5) is 10.1 Å². The minimum absolute atomic E-state index is 0.234. The van der Waals surface area contributed by atoms with Crippen LogP contribution in [0.5, 0.6) is 0 Å². The zero-order chi connectivity index (χ0) is 12.6. The van der Waals surface area contributed by atoms with Crippen LogP contribution in [0.3, 0.4) is 0 Å². The second-order valence-corrected chi connectivity index (χ2v) is 5.81. The summed E-state index contributed by atoms with van der Waals surface area (Å²) < 4.78 is 14.0. The average Bonchev–Trinajstić information content (AvgIpc) is 2.58. The third-order valence-electron chi connectivity index (χ3n) is 3.25. The molecule has 0 aliphatic carbocycles. The molecule has 0 radical (unpaired) electrons. The standard InChI is InChI=1S/C13H17FN2S/c1-13(2)5-6-16(8-13)11-4-3-9(12(15)17)7-10(11)14/h3-4,7H,5-6,8H2,1-2H3,(H2,15,17). The summed E-state index contributed by atoms with van der Waals surface area (Å²) in [5.41, 5.74) is 6.97.